The van der Waals surface area contributed by atoms with Gasteiger partial charge in [-0.2, -0.15) is 0 Å². The van der Waals surface area contributed by atoms with E-state index in [1.165, 1.54) is 0 Å². The molecule has 7 heteroatoms. The largest absolute Gasteiger partial charge is 0.484 e. The number of rotatable bonds is 4. The molecule has 0 bridgehead atoms. The molecule has 0 aliphatic heterocycles. The molecule has 132 valence electrons. The van der Waals surface area contributed by atoms with Crippen molar-refractivity contribution in [2.75, 3.05) is 0 Å². The lowest BCUT2D eigenvalue weighted by molar-refractivity contribution is 0.293. The summed E-state index contributed by atoms with van der Waals surface area (Å²) >= 11 is 3.52. The number of halogens is 1. The van der Waals surface area contributed by atoms with Crippen molar-refractivity contribution in [3.8, 4) is 5.75 Å². The molecular weight excluding hydrogens is 396 g/mol. The third kappa shape index (κ3) is 2.68. The number of ether oxygens (including phenoxy) is 1. The zero-order valence-electron chi connectivity index (χ0n) is 14.4. The summed E-state index contributed by atoms with van der Waals surface area (Å²) in [5.74, 6) is 1.91. The average molecular weight is 413 g/mol. The molecule has 0 atom stereocenters. The first-order chi connectivity index (χ1) is 12.6. The van der Waals surface area contributed by atoms with E-state index in [0.29, 0.717) is 23.5 Å². The number of fused-ring (bicyclic) bond motifs is 3. The van der Waals surface area contributed by atoms with Gasteiger partial charge < -0.3 is 4.74 Å². The van der Waals surface area contributed by atoms with Crippen molar-refractivity contribution >= 4 is 32.6 Å². The molecule has 0 unspecified atom stereocenters. The number of hydrogen-bond acceptors (Lipinski definition) is 4. The van der Waals surface area contributed by atoms with Gasteiger partial charge in [0.25, 0.3) is 5.56 Å². The normalized spacial score (nSPS) is 11.3. The van der Waals surface area contributed by atoms with Gasteiger partial charge in [-0.3, -0.25) is 13.8 Å². The highest BCUT2D eigenvalue weighted by Gasteiger charge is 2.16. The van der Waals surface area contributed by atoms with E-state index in [1.54, 1.807) is 4.57 Å². The minimum atomic E-state index is -0.0586. The van der Waals surface area contributed by atoms with Crippen molar-refractivity contribution in [1.29, 1.82) is 0 Å². The fourth-order valence-corrected chi connectivity index (χ4v) is 3.67. The summed E-state index contributed by atoms with van der Waals surface area (Å²) in [6, 6.07) is 13.4. The van der Waals surface area contributed by atoms with Gasteiger partial charge in [0.1, 0.15) is 12.4 Å². The van der Waals surface area contributed by atoms with Crippen LogP contribution < -0.4 is 10.3 Å². The predicted octanol–water partition coefficient (Wildman–Crippen LogP) is 3.71. The summed E-state index contributed by atoms with van der Waals surface area (Å²) < 4.78 is 10.3. The molecule has 0 spiro atoms. The number of aromatic nitrogens is 4. The minimum absolute atomic E-state index is 0.0586. The van der Waals surface area contributed by atoms with Crippen LogP contribution in [0.5, 0.6) is 5.75 Å². The fourth-order valence-electron chi connectivity index (χ4n) is 3.06. The average Bonchev–Trinajstić information content (AvgIpc) is 3.05. The molecule has 4 aromatic rings. The maximum atomic E-state index is 12.7. The zero-order valence-corrected chi connectivity index (χ0v) is 16.0. The van der Waals surface area contributed by atoms with E-state index in [0.717, 1.165) is 21.3 Å². The van der Waals surface area contributed by atoms with Crippen LogP contribution in [0.3, 0.4) is 0 Å². The summed E-state index contributed by atoms with van der Waals surface area (Å²) in [5.41, 5.74) is 1.87. The quantitative estimate of drug-likeness (QED) is 0.512. The topological polar surface area (TPSA) is 61.4 Å². The molecule has 4 rings (SSSR count). The van der Waals surface area contributed by atoms with Crippen LogP contribution in [0.15, 0.2) is 51.7 Å². The summed E-state index contributed by atoms with van der Waals surface area (Å²) in [5, 5.41) is 9.14. The summed E-state index contributed by atoms with van der Waals surface area (Å²) in [7, 11) is 0. The SMILES string of the molecule is CCn1c(=O)c2ccccc2n2c(COc3ccc(C)cc3Br)nnc12. The van der Waals surface area contributed by atoms with Gasteiger partial charge in [-0.1, -0.05) is 18.2 Å². The van der Waals surface area contributed by atoms with Crippen molar-refractivity contribution < 1.29 is 4.74 Å². The molecule has 0 aliphatic carbocycles. The van der Waals surface area contributed by atoms with E-state index in [4.69, 9.17) is 4.74 Å². The van der Waals surface area contributed by atoms with Gasteiger partial charge in [-0.15, -0.1) is 10.2 Å². The molecule has 0 fully saturated rings. The molecule has 0 aliphatic rings. The van der Waals surface area contributed by atoms with E-state index >= 15 is 0 Å². The van der Waals surface area contributed by atoms with Crippen molar-refractivity contribution in [1.82, 2.24) is 19.2 Å². The Morgan fingerprint density at radius 1 is 1.15 bits per heavy atom. The highest BCUT2D eigenvalue weighted by molar-refractivity contribution is 9.10. The molecule has 0 amide bonds. The van der Waals surface area contributed by atoms with Crippen molar-refractivity contribution in [2.45, 2.75) is 27.0 Å². The Labute approximate surface area is 158 Å². The second kappa shape index (κ2) is 6.57. The van der Waals surface area contributed by atoms with Crippen LogP contribution >= 0.6 is 15.9 Å². The smallest absolute Gasteiger partial charge is 0.262 e. The number of benzene rings is 2. The van der Waals surface area contributed by atoms with Crippen LogP contribution in [-0.2, 0) is 13.2 Å². The third-order valence-electron chi connectivity index (χ3n) is 4.34. The highest BCUT2D eigenvalue weighted by atomic mass is 79.9. The molecule has 0 N–H and O–H groups in total. The lowest BCUT2D eigenvalue weighted by Crippen LogP contribution is -2.22. The number of nitrogens with zero attached hydrogens (tertiary/aromatic N) is 4. The van der Waals surface area contributed by atoms with Gasteiger partial charge in [0, 0.05) is 6.54 Å². The van der Waals surface area contributed by atoms with Crippen LogP contribution in [0.4, 0.5) is 0 Å². The van der Waals surface area contributed by atoms with Crippen LogP contribution in [0.2, 0.25) is 0 Å². The second-order valence-corrected chi connectivity index (χ2v) is 6.90. The minimum Gasteiger partial charge on any atom is -0.484 e. The molecular formula is C19H17BrN4O2. The van der Waals surface area contributed by atoms with Gasteiger partial charge in [0.15, 0.2) is 5.82 Å². The van der Waals surface area contributed by atoms with E-state index < -0.39 is 0 Å². The van der Waals surface area contributed by atoms with E-state index in [9.17, 15) is 4.79 Å². The summed E-state index contributed by atoms with van der Waals surface area (Å²) in [6.07, 6.45) is 0. The molecule has 26 heavy (non-hydrogen) atoms. The highest BCUT2D eigenvalue weighted by Crippen LogP contribution is 2.26. The van der Waals surface area contributed by atoms with Crippen LogP contribution in [-0.4, -0.2) is 19.2 Å². The van der Waals surface area contributed by atoms with Crippen LogP contribution in [0.1, 0.15) is 18.3 Å². The first-order valence-electron chi connectivity index (χ1n) is 8.34. The zero-order chi connectivity index (χ0) is 18.3. The Bertz CT molecular complexity index is 1180. The molecule has 2 aromatic heterocycles. The molecule has 0 saturated carbocycles. The Morgan fingerprint density at radius 3 is 2.73 bits per heavy atom. The Balaban J connectivity index is 1.84. The number of aryl methyl sites for hydroxylation is 2. The van der Waals surface area contributed by atoms with E-state index in [2.05, 4.69) is 26.1 Å². The van der Waals surface area contributed by atoms with Crippen molar-refractivity contribution in [2.24, 2.45) is 0 Å². The first-order valence-corrected chi connectivity index (χ1v) is 9.14. The van der Waals surface area contributed by atoms with Crippen molar-refractivity contribution in [3.63, 3.8) is 0 Å². The number of para-hydroxylation sites is 1. The Kier molecular flexibility index (Phi) is 4.24. The Morgan fingerprint density at radius 2 is 1.96 bits per heavy atom. The van der Waals surface area contributed by atoms with Gasteiger partial charge in [0.05, 0.1) is 15.4 Å². The van der Waals surface area contributed by atoms with Crippen molar-refractivity contribution in [3.05, 3.63) is 68.7 Å². The van der Waals surface area contributed by atoms with Gasteiger partial charge in [0.2, 0.25) is 5.78 Å². The Hall–Kier alpha value is -2.67. The molecule has 2 heterocycles. The molecule has 2 aromatic carbocycles. The standard InChI is InChI=1S/C19H17BrN4O2/c1-3-23-18(25)13-6-4-5-7-15(13)24-17(21-22-19(23)24)11-26-16-9-8-12(2)10-14(16)20/h4-10H,3,11H2,1-2H3. The van der Waals surface area contributed by atoms with Crippen LogP contribution in [0.25, 0.3) is 16.7 Å². The maximum absolute atomic E-state index is 12.7. The van der Waals surface area contributed by atoms with Gasteiger partial charge >= 0.3 is 0 Å². The van der Waals surface area contributed by atoms with Gasteiger partial charge in [-0.25, -0.2) is 0 Å². The lowest BCUT2D eigenvalue weighted by Gasteiger charge is -2.11. The van der Waals surface area contributed by atoms with Crippen LogP contribution in [0, 0.1) is 6.92 Å². The lowest BCUT2D eigenvalue weighted by atomic mass is 10.2. The monoisotopic (exact) mass is 412 g/mol. The summed E-state index contributed by atoms with van der Waals surface area (Å²) in [4.78, 5) is 12.7. The van der Waals surface area contributed by atoms with E-state index in [-0.39, 0.29) is 12.2 Å². The number of hydrogen-bond donors (Lipinski definition) is 0. The fraction of sp³-hybridized carbons (Fsp3) is 0.211. The second-order valence-electron chi connectivity index (χ2n) is 6.04. The predicted molar refractivity (Wildman–Crippen MR) is 104 cm³/mol. The summed E-state index contributed by atoms with van der Waals surface area (Å²) in [6.45, 7) is 4.71. The molecule has 6 nitrogen and oxygen atoms in total. The molecule has 0 saturated heterocycles. The maximum Gasteiger partial charge on any atom is 0.262 e. The van der Waals surface area contributed by atoms with E-state index in [1.807, 2.05) is 60.7 Å². The third-order valence-corrected chi connectivity index (χ3v) is 4.96. The van der Waals surface area contributed by atoms with Gasteiger partial charge in [-0.05, 0) is 59.6 Å². The molecule has 0 radical (unpaired) electrons. The first kappa shape index (κ1) is 16.8.